The minimum atomic E-state index is -1.46. The molecular weight excluding hydrogens is 272 g/mol. The fraction of sp³-hybridized carbons (Fsp3) is 0.462. The van der Waals surface area contributed by atoms with Gasteiger partial charge in [-0.05, 0) is 19.9 Å². The molecule has 0 aliphatic rings. The van der Waals surface area contributed by atoms with Crippen LogP contribution in [0.3, 0.4) is 0 Å². The van der Waals surface area contributed by atoms with Gasteiger partial charge in [-0.15, -0.1) is 0 Å². The van der Waals surface area contributed by atoms with Gasteiger partial charge in [0.1, 0.15) is 0 Å². The Morgan fingerprint density at radius 1 is 1.26 bits per heavy atom. The second kappa shape index (κ2) is 6.63. The monoisotopic (exact) mass is 288 g/mol. The molecule has 0 aliphatic heterocycles. The fourth-order valence-electron chi connectivity index (χ4n) is 1.50. The van der Waals surface area contributed by atoms with Crippen molar-refractivity contribution in [3.05, 3.63) is 22.7 Å². The van der Waals surface area contributed by atoms with Gasteiger partial charge in [0.2, 0.25) is 0 Å². The van der Waals surface area contributed by atoms with E-state index in [0.717, 1.165) is 0 Å². The van der Waals surface area contributed by atoms with E-state index >= 15 is 0 Å². The number of halogens is 1. The highest BCUT2D eigenvalue weighted by molar-refractivity contribution is 6.31. The zero-order chi connectivity index (χ0) is 14.6. The number of carbonyl (C=O) groups is 1. The molecule has 1 unspecified atom stereocenters. The van der Waals surface area contributed by atoms with Crippen LogP contribution in [0.1, 0.15) is 25.5 Å². The quantitative estimate of drug-likeness (QED) is 0.843. The van der Waals surface area contributed by atoms with Gasteiger partial charge in [0, 0.05) is 11.6 Å². The first-order valence-electron chi connectivity index (χ1n) is 5.70. The molecule has 1 aromatic carbocycles. The predicted molar refractivity (Wildman–Crippen MR) is 70.7 cm³/mol. The highest BCUT2D eigenvalue weighted by Gasteiger charge is 2.23. The highest BCUT2D eigenvalue weighted by atomic mass is 35.5. The molecule has 6 heteroatoms. The average molecular weight is 289 g/mol. The molecule has 0 aliphatic carbocycles. The molecule has 1 atom stereocenters. The summed E-state index contributed by atoms with van der Waals surface area (Å²) in [6, 6.07) is 2.96. The zero-order valence-corrected chi connectivity index (χ0v) is 12.0. The van der Waals surface area contributed by atoms with E-state index in [1.54, 1.807) is 0 Å². The molecule has 0 heterocycles. The Labute approximate surface area is 117 Å². The van der Waals surface area contributed by atoms with Crippen LogP contribution in [-0.4, -0.2) is 31.4 Å². The third-order valence-corrected chi connectivity index (χ3v) is 2.69. The Balaban J connectivity index is 3.22. The van der Waals surface area contributed by atoms with Crippen LogP contribution in [0.4, 0.5) is 0 Å². The van der Waals surface area contributed by atoms with E-state index in [1.807, 2.05) is 13.8 Å². The molecule has 0 saturated carbocycles. The summed E-state index contributed by atoms with van der Waals surface area (Å²) >= 11 is 6.01. The van der Waals surface area contributed by atoms with Crippen LogP contribution in [0.5, 0.6) is 11.5 Å². The Kier molecular flexibility index (Phi) is 5.44. The van der Waals surface area contributed by atoms with Gasteiger partial charge >= 0.3 is 5.97 Å². The molecule has 0 fully saturated rings. The van der Waals surface area contributed by atoms with Gasteiger partial charge in [0.25, 0.3) is 0 Å². The molecule has 5 nitrogen and oxygen atoms in total. The van der Waals surface area contributed by atoms with Crippen LogP contribution in [0.15, 0.2) is 12.1 Å². The number of hydrogen-bond acceptors (Lipinski definition) is 5. The lowest BCUT2D eigenvalue weighted by Gasteiger charge is -2.17. The summed E-state index contributed by atoms with van der Waals surface area (Å²) < 4.78 is 15.2. The van der Waals surface area contributed by atoms with E-state index in [2.05, 4.69) is 4.74 Å². The molecule has 0 spiro atoms. The van der Waals surface area contributed by atoms with E-state index in [4.69, 9.17) is 21.1 Å². The van der Waals surface area contributed by atoms with E-state index in [9.17, 15) is 9.90 Å². The van der Waals surface area contributed by atoms with Crippen molar-refractivity contribution in [2.75, 3.05) is 14.2 Å². The molecule has 0 amide bonds. The van der Waals surface area contributed by atoms with Crippen LogP contribution >= 0.6 is 11.6 Å². The number of carbonyl (C=O) groups excluding carboxylic acids is 1. The van der Waals surface area contributed by atoms with Gasteiger partial charge in [0.15, 0.2) is 17.6 Å². The predicted octanol–water partition coefficient (Wildman–Crippen LogP) is 2.34. The van der Waals surface area contributed by atoms with Crippen molar-refractivity contribution >= 4 is 17.6 Å². The van der Waals surface area contributed by atoms with Gasteiger partial charge in [-0.3, -0.25) is 0 Å². The number of methoxy groups -OCH3 is 2. The van der Waals surface area contributed by atoms with Crippen molar-refractivity contribution in [1.29, 1.82) is 0 Å². The molecule has 1 N–H and O–H groups in total. The molecule has 0 aromatic heterocycles. The SMILES string of the molecule is COC(=O)C(O)c1cc(OC(C)C)c(OC)cc1Cl. The van der Waals surface area contributed by atoms with Crippen LogP contribution in [0.2, 0.25) is 5.02 Å². The smallest absolute Gasteiger partial charge is 0.339 e. The van der Waals surface area contributed by atoms with Crippen molar-refractivity contribution in [1.82, 2.24) is 0 Å². The Hall–Kier alpha value is -1.46. The van der Waals surface area contributed by atoms with E-state index in [1.165, 1.54) is 26.4 Å². The van der Waals surface area contributed by atoms with Gasteiger partial charge in [-0.25, -0.2) is 4.79 Å². The van der Waals surface area contributed by atoms with Gasteiger partial charge < -0.3 is 19.3 Å². The maximum Gasteiger partial charge on any atom is 0.339 e. The summed E-state index contributed by atoms with van der Waals surface area (Å²) in [6.07, 6.45) is -1.55. The minimum Gasteiger partial charge on any atom is -0.493 e. The summed E-state index contributed by atoms with van der Waals surface area (Å²) in [6.45, 7) is 3.70. The molecule has 0 radical (unpaired) electrons. The Morgan fingerprint density at radius 3 is 2.37 bits per heavy atom. The third-order valence-electron chi connectivity index (χ3n) is 2.36. The lowest BCUT2D eigenvalue weighted by molar-refractivity contribution is -0.150. The largest absolute Gasteiger partial charge is 0.493 e. The number of benzene rings is 1. The number of rotatable bonds is 5. The maximum atomic E-state index is 11.3. The van der Waals surface area contributed by atoms with Crippen LogP contribution < -0.4 is 9.47 Å². The average Bonchev–Trinajstić information content (AvgIpc) is 2.37. The second-order valence-electron chi connectivity index (χ2n) is 4.12. The van der Waals surface area contributed by atoms with Crippen molar-refractivity contribution in [3.63, 3.8) is 0 Å². The summed E-state index contributed by atoms with van der Waals surface area (Å²) in [5.74, 6) is 0.0435. The van der Waals surface area contributed by atoms with Crippen molar-refractivity contribution in [3.8, 4) is 11.5 Å². The standard InChI is InChI=1S/C13H17ClO5/c1-7(2)19-11-5-8(12(15)13(16)18-4)9(14)6-10(11)17-3/h5-7,12,15H,1-4H3. The first kappa shape index (κ1) is 15.6. The van der Waals surface area contributed by atoms with E-state index in [-0.39, 0.29) is 16.7 Å². The summed E-state index contributed by atoms with van der Waals surface area (Å²) in [7, 11) is 2.67. The number of aliphatic hydroxyl groups is 1. The molecule has 0 bridgehead atoms. The summed E-state index contributed by atoms with van der Waals surface area (Å²) in [5.41, 5.74) is 0.213. The normalized spacial score (nSPS) is 12.2. The molecular formula is C13H17ClO5. The fourth-order valence-corrected chi connectivity index (χ4v) is 1.76. The van der Waals surface area contributed by atoms with Gasteiger partial charge in [-0.2, -0.15) is 0 Å². The topological polar surface area (TPSA) is 65.0 Å². The van der Waals surface area contributed by atoms with Gasteiger partial charge in [0.05, 0.1) is 25.3 Å². The summed E-state index contributed by atoms with van der Waals surface area (Å²) in [5, 5.41) is 10.0. The third kappa shape index (κ3) is 3.75. The van der Waals surface area contributed by atoms with Crippen LogP contribution in [-0.2, 0) is 9.53 Å². The Morgan fingerprint density at radius 2 is 1.89 bits per heavy atom. The second-order valence-corrected chi connectivity index (χ2v) is 4.52. The van der Waals surface area contributed by atoms with Crippen LogP contribution in [0, 0.1) is 0 Å². The highest BCUT2D eigenvalue weighted by Crippen LogP contribution is 2.36. The number of aliphatic hydroxyl groups excluding tert-OH is 1. The molecule has 19 heavy (non-hydrogen) atoms. The number of ether oxygens (including phenoxy) is 3. The first-order valence-corrected chi connectivity index (χ1v) is 6.08. The Bertz CT molecular complexity index is 459. The lowest BCUT2D eigenvalue weighted by atomic mass is 10.1. The lowest BCUT2D eigenvalue weighted by Crippen LogP contribution is -2.15. The van der Waals surface area contributed by atoms with Crippen LogP contribution in [0.25, 0.3) is 0 Å². The molecule has 1 aromatic rings. The van der Waals surface area contributed by atoms with E-state index in [0.29, 0.717) is 11.5 Å². The molecule has 106 valence electrons. The maximum absolute atomic E-state index is 11.3. The summed E-state index contributed by atoms with van der Waals surface area (Å²) in [4.78, 5) is 11.3. The van der Waals surface area contributed by atoms with Gasteiger partial charge in [-0.1, -0.05) is 11.6 Å². The number of esters is 1. The van der Waals surface area contributed by atoms with Crippen molar-refractivity contribution < 1.29 is 24.1 Å². The minimum absolute atomic E-state index is 0.0850. The van der Waals surface area contributed by atoms with Crippen molar-refractivity contribution in [2.45, 2.75) is 26.1 Å². The molecule has 0 saturated heterocycles. The van der Waals surface area contributed by atoms with E-state index < -0.39 is 12.1 Å². The number of hydrogen-bond donors (Lipinski definition) is 1. The zero-order valence-electron chi connectivity index (χ0n) is 11.3. The molecule has 1 rings (SSSR count). The first-order chi connectivity index (χ1) is 8.90. The van der Waals surface area contributed by atoms with Crippen molar-refractivity contribution in [2.24, 2.45) is 0 Å².